The predicted molar refractivity (Wildman–Crippen MR) is 59.5 cm³/mol. The maximum Gasteiger partial charge on any atom is 0.0551 e. The largest absolute Gasteiger partial charge is 0.378 e. The van der Waals surface area contributed by atoms with Crippen molar-refractivity contribution in [1.82, 2.24) is 0 Å². The van der Waals surface area contributed by atoms with Gasteiger partial charge in [0.2, 0.25) is 0 Å². The van der Waals surface area contributed by atoms with Gasteiger partial charge in [-0.15, -0.1) is 11.3 Å². The van der Waals surface area contributed by atoms with Crippen LogP contribution in [0.5, 0.6) is 0 Å². The molecule has 1 fully saturated rings. The van der Waals surface area contributed by atoms with Crippen LogP contribution < -0.4 is 5.73 Å². The second kappa shape index (κ2) is 4.01. The highest BCUT2D eigenvalue weighted by molar-refractivity contribution is 7.10. The van der Waals surface area contributed by atoms with Crippen LogP contribution in [0.2, 0.25) is 0 Å². The summed E-state index contributed by atoms with van der Waals surface area (Å²) < 4.78 is 5.55. The van der Waals surface area contributed by atoms with Crippen LogP contribution in [-0.2, 0) is 4.74 Å². The third-order valence-electron chi connectivity index (χ3n) is 2.94. The van der Waals surface area contributed by atoms with E-state index in [1.54, 1.807) is 11.3 Å². The maximum absolute atomic E-state index is 6.24. The van der Waals surface area contributed by atoms with Gasteiger partial charge in [0, 0.05) is 16.8 Å². The van der Waals surface area contributed by atoms with Gasteiger partial charge in [-0.3, -0.25) is 0 Å². The number of rotatable bonds is 2. The fourth-order valence-corrected chi connectivity index (χ4v) is 3.06. The first-order chi connectivity index (χ1) is 6.68. The molecule has 0 amide bonds. The molecule has 2 nitrogen and oxygen atoms in total. The van der Waals surface area contributed by atoms with Gasteiger partial charge in [0.25, 0.3) is 0 Å². The molecule has 0 spiro atoms. The lowest BCUT2D eigenvalue weighted by molar-refractivity contribution is 0.118. The molecule has 2 N–H and O–H groups in total. The molecule has 1 aromatic heterocycles. The van der Waals surface area contributed by atoms with Gasteiger partial charge in [0.1, 0.15) is 0 Å². The minimum Gasteiger partial charge on any atom is -0.378 e. The van der Waals surface area contributed by atoms with Crippen LogP contribution in [-0.4, -0.2) is 12.7 Å². The molecule has 3 heteroatoms. The molecular formula is C11H17NOS. The highest BCUT2D eigenvalue weighted by Crippen LogP contribution is 2.33. The normalized spacial score (nSPS) is 29.4. The summed E-state index contributed by atoms with van der Waals surface area (Å²) in [5.41, 5.74) is 7.56. The summed E-state index contributed by atoms with van der Waals surface area (Å²) in [5.74, 6) is 0.502. The molecule has 2 rings (SSSR count). The van der Waals surface area contributed by atoms with Crippen molar-refractivity contribution < 1.29 is 4.74 Å². The van der Waals surface area contributed by atoms with Crippen molar-refractivity contribution in [3.63, 3.8) is 0 Å². The summed E-state index contributed by atoms with van der Waals surface area (Å²) in [7, 11) is 0. The number of hydrogen-bond acceptors (Lipinski definition) is 3. The Labute approximate surface area is 89.1 Å². The van der Waals surface area contributed by atoms with E-state index in [1.165, 1.54) is 10.4 Å². The van der Waals surface area contributed by atoms with Gasteiger partial charge in [-0.05, 0) is 37.3 Å². The van der Waals surface area contributed by atoms with Crippen LogP contribution >= 0.6 is 11.3 Å². The zero-order valence-corrected chi connectivity index (χ0v) is 9.51. The monoisotopic (exact) mass is 211 g/mol. The average molecular weight is 211 g/mol. The van der Waals surface area contributed by atoms with Crippen LogP contribution in [0.25, 0.3) is 0 Å². The van der Waals surface area contributed by atoms with Gasteiger partial charge in [-0.1, -0.05) is 0 Å². The first-order valence-electron chi connectivity index (χ1n) is 5.09. The number of hydrogen-bond donors (Lipinski definition) is 1. The van der Waals surface area contributed by atoms with Crippen LogP contribution in [0.4, 0.5) is 0 Å². The van der Waals surface area contributed by atoms with Crippen molar-refractivity contribution in [3.8, 4) is 0 Å². The van der Waals surface area contributed by atoms with Gasteiger partial charge < -0.3 is 10.5 Å². The fraction of sp³-hybridized carbons (Fsp3) is 0.636. The highest BCUT2D eigenvalue weighted by atomic mass is 32.1. The fourth-order valence-electron chi connectivity index (χ4n) is 2.04. The van der Waals surface area contributed by atoms with E-state index in [1.807, 2.05) is 0 Å². The van der Waals surface area contributed by atoms with Gasteiger partial charge in [-0.25, -0.2) is 0 Å². The Kier molecular flexibility index (Phi) is 2.91. The van der Waals surface area contributed by atoms with Gasteiger partial charge in [0.05, 0.1) is 12.7 Å². The minimum atomic E-state index is 0.167. The van der Waals surface area contributed by atoms with Gasteiger partial charge >= 0.3 is 0 Å². The SMILES string of the molecule is Cc1ccsc1C(N)C1COC(C)C1. The Hall–Kier alpha value is -0.380. The van der Waals surface area contributed by atoms with E-state index < -0.39 is 0 Å². The molecule has 78 valence electrons. The molecule has 0 bridgehead atoms. The third kappa shape index (κ3) is 1.85. The zero-order valence-electron chi connectivity index (χ0n) is 8.69. The van der Waals surface area contributed by atoms with E-state index in [-0.39, 0.29) is 6.04 Å². The molecule has 0 aliphatic carbocycles. The Bertz CT molecular complexity index is 310. The summed E-state index contributed by atoms with van der Waals surface area (Å²) in [6, 6.07) is 2.30. The second-order valence-electron chi connectivity index (χ2n) is 4.13. The molecular weight excluding hydrogens is 194 g/mol. The molecule has 1 aliphatic heterocycles. The van der Waals surface area contributed by atoms with Crippen LogP contribution in [0.15, 0.2) is 11.4 Å². The quantitative estimate of drug-likeness (QED) is 0.815. The van der Waals surface area contributed by atoms with E-state index in [2.05, 4.69) is 25.3 Å². The molecule has 1 aliphatic rings. The van der Waals surface area contributed by atoms with Crippen molar-refractivity contribution in [3.05, 3.63) is 21.9 Å². The highest BCUT2D eigenvalue weighted by Gasteiger charge is 2.29. The minimum absolute atomic E-state index is 0.167. The molecule has 1 aromatic rings. The number of nitrogens with two attached hydrogens (primary N) is 1. The van der Waals surface area contributed by atoms with Crippen molar-refractivity contribution >= 4 is 11.3 Å². The number of ether oxygens (including phenoxy) is 1. The molecule has 0 radical (unpaired) electrons. The standard InChI is InChI=1S/C11H17NOS/c1-7-3-4-14-11(7)10(12)9-5-8(2)13-6-9/h3-4,8-10H,5-6,12H2,1-2H3. The van der Waals surface area contributed by atoms with Crippen molar-refractivity contribution in [2.45, 2.75) is 32.4 Å². The van der Waals surface area contributed by atoms with Crippen molar-refractivity contribution in [2.75, 3.05) is 6.61 Å². The van der Waals surface area contributed by atoms with Crippen LogP contribution in [0, 0.1) is 12.8 Å². The lowest BCUT2D eigenvalue weighted by atomic mass is 9.95. The second-order valence-corrected chi connectivity index (χ2v) is 5.08. The molecule has 14 heavy (non-hydrogen) atoms. The van der Waals surface area contributed by atoms with E-state index in [0.29, 0.717) is 12.0 Å². The van der Waals surface area contributed by atoms with E-state index in [9.17, 15) is 0 Å². The number of thiophene rings is 1. The summed E-state index contributed by atoms with van der Waals surface area (Å²) >= 11 is 1.77. The molecule has 3 atom stereocenters. The Morgan fingerprint density at radius 3 is 2.93 bits per heavy atom. The Morgan fingerprint density at radius 2 is 2.43 bits per heavy atom. The third-order valence-corrected chi connectivity index (χ3v) is 4.06. The summed E-state index contributed by atoms with van der Waals surface area (Å²) in [6.07, 6.45) is 1.48. The van der Waals surface area contributed by atoms with E-state index >= 15 is 0 Å². The smallest absolute Gasteiger partial charge is 0.0551 e. The maximum atomic E-state index is 6.24. The summed E-state index contributed by atoms with van der Waals surface area (Å²) in [5, 5.41) is 2.11. The molecule has 0 aromatic carbocycles. The number of aryl methyl sites for hydroxylation is 1. The van der Waals surface area contributed by atoms with Crippen LogP contribution in [0.3, 0.4) is 0 Å². The topological polar surface area (TPSA) is 35.2 Å². The molecule has 3 unspecified atom stereocenters. The molecule has 1 saturated heterocycles. The summed E-state index contributed by atoms with van der Waals surface area (Å²) in [4.78, 5) is 1.33. The van der Waals surface area contributed by atoms with Crippen molar-refractivity contribution in [2.24, 2.45) is 11.7 Å². The zero-order chi connectivity index (χ0) is 10.1. The van der Waals surface area contributed by atoms with Gasteiger partial charge in [0.15, 0.2) is 0 Å². The van der Waals surface area contributed by atoms with Crippen LogP contribution in [0.1, 0.15) is 29.8 Å². The Morgan fingerprint density at radius 1 is 1.64 bits per heavy atom. The average Bonchev–Trinajstić information content (AvgIpc) is 2.73. The first-order valence-corrected chi connectivity index (χ1v) is 5.97. The van der Waals surface area contributed by atoms with E-state index in [4.69, 9.17) is 10.5 Å². The Balaban J connectivity index is 2.09. The molecule has 2 heterocycles. The summed E-state index contributed by atoms with van der Waals surface area (Å²) in [6.45, 7) is 5.07. The molecule has 0 saturated carbocycles. The lowest BCUT2D eigenvalue weighted by Gasteiger charge is -2.17. The lowest BCUT2D eigenvalue weighted by Crippen LogP contribution is -2.21. The van der Waals surface area contributed by atoms with E-state index in [0.717, 1.165) is 13.0 Å². The van der Waals surface area contributed by atoms with Gasteiger partial charge in [-0.2, -0.15) is 0 Å². The first kappa shape index (κ1) is 10.1. The predicted octanol–water partition coefficient (Wildman–Crippen LogP) is 2.48. The van der Waals surface area contributed by atoms with Crippen molar-refractivity contribution in [1.29, 1.82) is 0 Å².